The van der Waals surface area contributed by atoms with E-state index in [9.17, 15) is 0 Å². The molecule has 0 aliphatic carbocycles. The first kappa shape index (κ1) is 16.1. The molecule has 0 bridgehead atoms. The minimum atomic E-state index is -0.00321. The van der Waals surface area contributed by atoms with Crippen LogP contribution in [-0.4, -0.2) is 13.7 Å². The van der Waals surface area contributed by atoms with Crippen molar-refractivity contribution in [3.05, 3.63) is 48.5 Å². The van der Waals surface area contributed by atoms with Gasteiger partial charge in [-0.3, -0.25) is 0 Å². The Morgan fingerprint density at radius 1 is 1.30 bits per heavy atom. The van der Waals surface area contributed by atoms with Crippen molar-refractivity contribution in [2.45, 2.75) is 13.0 Å². The molecule has 2 aromatic rings. The fraction of sp³-hybridized carbons (Fsp3) is 0.286. The van der Waals surface area contributed by atoms with Gasteiger partial charge in [-0.1, -0.05) is 52.1 Å². The molecule has 0 amide bonds. The molecule has 20 heavy (non-hydrogen) atoms. The van der Waals surface area contributed by atoms with Crippen LogP contribution in [0.25, 0.3) is 0 Å². The molecule has 1 heterocycles. The molecule has 1 unspecified atom stereocenters. The van der Waals surface area contributed by atoms with E-state index in [1.54, 1.807) is 7.11 Å². The number of nitrogens with one attached hydrogen (secondary N) is 1. The Hall–Kier alpha value is -0.260. The number of methoxy groups -OCH3 is 1. The van der Waals surface area contributed by atoms with Gasteiger partial charge in [0.15, 0.2) is 0 Å². The second kappa shape index (κ2) is 7.14. The minimum absolute atomic E-state index is 0.00321. The van der Waals surface area contributed by atoms with Gasteiger partial charge in [0.25, 0.3) is 0 Å². The van der Waals surface area contributed by atoms with E-state index in [-0.39, 0.29) is 6.04 Å². The van der Waals surface area contributed by atoms with Crippen LogP contribution in [0.4, 0.5) is 0 Å². The van der Waals surface area contributed by atoms with Crippen LogP contribution in [0.5, 0.6) is 5.75 Å². The largest absolute Gasteiger partial charge is 0.497 e. The molecule has 1 atom stereocenters. The molecule has 0 aliphatic heterocycles. The number of benzene rings is 1. The molecule has 6 heteroatoms. The minimum Gasteiger partial charge on any atom is -0.497 e. The number of hydrogen-bond acceptors (Lipinski definition) is 3. The molecule has 1 aromatic carbocycles. The predicted octanol–water partition coefficient (Wildman–Crippen LogP) is 5.52. The zero-order valence-electron chi connectivity index (χ0n) is 11.0. The van der Waals surface area contributed by atoms with Gasteiger partial charge in [0.05, 0.1) is 21.8 Å². The van der Waals surface area contributed by atoms with Crippen molar-refractivity contribution in [2.24, 2.45) is 0 Å². The van der Waals surface area contributed by atoms with Crippen molar-refractivity contribution < 1.29 is 4.74 Å². The van der Waals surface area contributed by atoms with Gasteiger partial charge in [0.1, 0.15) is 5.75 Å². The maximum Gasteiger partial charge on any atom is 0.120 e. The lowest BCUT2D eigenvalue weighted by Crippen LogP contribution is -2.22. The lowest BCUT2D eigenvalue weighted by Gasteiger charge is -2.20. The van der Waals surface area contributed by atoms with Crippen LogP contribution in [0.1, 0.15) is 24.1 Å². The van der Waals surface area contributed by atoms with E-state index >= 15 is 0 Å². The quantitative estimate of drug-likeness (QED) is 0.720. The summed E-state index contributed by atoms with van der Waals surface area (Å²) in [5, 5.41) is 3.44. The van der Waals surface area contributed by atoms with E-state index < -0.39 is 0 Å². The number of rotatable bonds is 5. The predicted molar refractivity (Wildman–Crippen MR) is 90.6 cm³/mol. The van der Waals surface area contributed by atoms with Gasteiger partial charge >= 0.3 is 0 Å². The molecular formula is C14H14BrCl2NOS. The number of ether oxygens (including phenoxy) is 1. The van der Waals surface area contributed by atoms with Crippen molar-refractivity contribution >= 4 is 50.5 Å². The summed E-state index contributed by atoms with van der Waals surface area (Å²) in [6.45, 7) is 2.89. The Morgan fingerprint density at radius 2 is 2.05 bits per heavy atom. The van der Waals surface area contributed by atoms with E-state index in [1.165, 1.54) is 11.3 Å². The van der Waals surface area contributed by atoms with Crippen LogP contribution in [0.3, 0.4) is 0 Å². The van der Waals surface area contributed by atoms with Gasteiger partial charge < -0.3 is 10.1 Å². The van der Waals surface area contributed by atoms with Gasteiger partial charge in [-0.25, -0.2) is 0 Å². The highest BCUT2D eigenvalue weighted by molar-refractivity contribution is 9.10. The van der Waals surface area contributed by atoms with Crippen molar-refractivity contribution in [1.29, 1.82) is 0 Å². The smallest absolute Gasteiger partial charge is 0.120 e. The monoisotopic (exact) mass is 393 g/mol. The molecule has 0 saturated heterocycles. The van der Waals surface area contributed by atoms with Gasteiger partial charge in [0, 0.05) is 10.0 Å². The van der Waals surface area contributed by atoms with Crippen molar-refractivity contribution in [2.75, 3.05) is 13.7 Å². The highest BCUT2D eigenvalue weighted by atomic mass is 79.9. The van der Waals surface area contributed by atoms with Gasteiger partial charge in [0.2, 0.25) is 0 Å². The van der Waals surface area contributed by atoms with Crippen LogP contribution in [0.2, 0.25) is 8.67 Å². The first-order chi connectivity index (χ1) is 9.56. The lowest BCUT2D eigenvalue weighted by atomic mass is 10.0. The van der Waals surface area contributed by atoms with E-state index in [0.717, 1.165) is 27.9 Å². The molecular weight excluding hydrogens is 381 g/mol. The molecule has 2 nitrogen and oxygen atoms in total. The highest BCUT2D eigenvalue weighted by Gasteiger charge is 2.21. The SMILES string of the molecule is CCNC(c1ccc(OC)cc1Br)c1cc(Cl)sc1Cl. The van der Waals surface area contributed by atoms with E-state index in [1.807, 2.05) is 24.3 Å². The van der Waals surface area contributed by atoms with Crippen LogP contribution in [0, 0.1) is 0 Å². The van der Waals surface area contributed by atoms with Crippen LogP contribution < -0.4 is 10.1 Å². The van der Waals surface area contributed by atoms with Crippen LogP contribution in [-0.2, 0) is 0 Å². The normalized spacial score (nSPS) is 12.4. The number of halogens is 3. The second-order valence-electron chi connectivity index (χ2n) is 4.16. The average Bonchev–Trinajstić information content (AvgIpc) is 2.75. The van der Waals surface area contributed by atoms with Gasteiger partial charge in [-0.05, 0) is 30.3 Å². The molecule has 1 N–H and O–H groups in total. The zero-order chi connectivity index (χ0) is 14.7. The summed E-state index contributed by atoms with van der Waals surface area (Å²) in [7, 11) is 1.65. The third-order valence-corrected chi connectivity index (χ3v) is 5.13. The third kappa shape index (κ3) is 3.49. The Kier molecular flexibility index (Phi) is 5.75. The molecule has 0 fully saturated rings. The maximum absolute atomic E-state index is 6.29. The molecule has 0 spiro atoms. The first-order valence-electron chi connectivity index (χ1n) is 6.08. The Bertz CT molecular complexity index is 603. The Morgan fingerprint density at radius 3 is 2.55 bits per heavy atom. The first-order valence-corrected chi connectivity index (χ1v) is 8.45. The van der Waals surface area contributed by atoms with Crippen molar-refractivity contribution in [3.63, 3.8) is 0 Å². The maximum atomic E-state index is 6.29. The lowest BCUT2D eigenvalue weighted by molar-refractivity contribution is 0.414. The number of hydrogen-bond donors (Lipinski definition) is 1. The van der Waals surface area contributed by atoms with E-state index in [0.29, 0.717) is 8.67 Å². The van der Waals surface area contributed by atoms with Gasteiger partial charge in [-0.15, -0.1) is 11.3 Å². The van der Waals surface area contributed by atoms with Crippen LogP contribution >= 0.6 is 50.5 Å². The zero-order valence-corrected chi connectivity index (χ0v) is 15.0. The molecule has 0 aliphatic rings. The Balaban J connectivity index is 2.45. The molecule has 2 rings (SSSR count). The number of thiophene rings is 1. The molecule has 0 radical (unpaired) electrons. The summed E-state index contributed by atoms with van der Waals surface area (Å²) < 4.78 is 7.60. The van der Waals surface area contributed by atoms with Crippen molar-refractivity contribution in [3.8, 4) is 5.75 Å². The summed E-state index contributed by atoms with van der Waals surface area (Å²) in [6, 6.07) is 7.82. The molecule has 0 saturated carbocycles. The highest BCUT2D eigenvalue weighted by Crippen LogP contribution is 2.39. The van der Waals surface area contributed by atoms with Gasteiger partial charge in [-0.2, -0.15) is 0 Å². The summed E-state index contributed by atoms with van der Waals surface area (Å²) >= 11 is 17.3. The third-order valence-electron chi connectivity index (χ3n) is 2.92. The summed E-state index contributed by atoms with van der Waals surface area (Å²) in [6.07, 6.45) is 0. The topological polar surface area (TPSA) is 21.3 Å². The van der Waals surface area contributed by atoms with E-state index in [2.05, 4.69) is 28.2 Å². The van der Waals surface area contributed by atoms with E-state index in [4.69, 9.17) is 27.9 Å². The van der Waals surface area contributed by atoms with Crippen molar-refractivity contribution in [1.82, 2.24) is 5.32 Å². The molecule has 108 valence electrons. The summed E-state index contributed by atoms with van der Waals surface area (Å²) in [5.74, 6) is 0.810. The second-order valence-corrected chi connectivity index (χ2v) is 7.30. The molecule has 1 aromatic heterocycles. The van der Waals surface area contributed by atoms with Crippen LogP contribution in [0.15, 0.2) is 28.7 Å². The Labute approximate surface area is 141 Å². The fourth-order valence-corrected chi connectivity index (χ4v) is 4.13. The summed E-state index contributed by atoms with van der Waals surface area (Å²) in [4.78, 5) is 0. The fourth-order valence-electron chi connectivity index (χ4n) is 2.01. The summed E-state index contributed by atoms with van der Waals surface area (Å²) in [5.41, 5.74) is 2.10. The standard InChI is InChI=1S/C14H14BrCl2NOS/c1-3-18-13(10-7-12(16)20-14(10)17)9-5-4-8(19-2)6-11(9)15/h4-7,13,18H,3H2,1-2H3. The average molecular weight is 395 g/mol.